The number of esters is 1. The van der Waals surface area contributed by atoms with E-state index in [4.69, 9.17) is 4.74 Å². The Kier molecular flexibility index (Phi) is 4.30. The van der Waals surface area contributed by atoms with Gasteiger partial charge < -0.3 is 4.74 Å². The van der Waals surface area contributed by atoms with Gasteiger partial charge >= 0.3 is 5.97 Å². The molecular weight excluding hydrogens is 342 g/mol. The standard InChI is InChI=1S/C21H17N3O3/c1-2-27-21(26)17-13-22-24-19(25)12-18(23-20(17)24)16-10-8-15(9-11-16)14-6-4-3-5-7-14/h3-13,22H,2H2,1H3. The Labute approximate surface area is 155 Å². The number of H-pyrrole nitrogens is 1. The molecule has 0 saturated carbocycles. The van der Waals surface area contributed by atoms with Gasteiger partial charge in [-0.2, -0.15) is 0 Å². The molecule has 0 saturated heterocycles. The van der Waals surface area contributed by atoms with Crippen molar-refractivity contribution in [1.82, 2.24) is 14.6 Å². The first-order valence-electron chi connectivity index (χ1n) is 8.61. The van der Waals surface area contributed by atoms with Crippen LogP contribution in [0.2, 0.25) is 0 Å². The predicted molar refractivity (Wildman–Crippen MR) is 103 cm³/mol. The molecule has 0 radical (unpaired) electrons. The molecule has 2 aromatic heterocycles. The Morgan fingerprint density at radius 1 is 1.04 bits per heavy atom. The van der Waals surface area contributed by atoms with Crippen LogP contribution >= 0.6 is 0 Å². The fraction of sp³-hybridized carbons (Fsp3) is 0.0952. The van der Waals surface area contributed by atoms with Crippen LogP contribution in [0.15, 0.2) is 71.7 Å². The van der Waals surface area contributed by atoms with Crippen LogP contribution in [0.5, 0.6) is 0 Å². The van der Waals surface area contributed by atoms with Crippen molar-refractivity contribution >= 4 is 11.6 Å². The Bertz CT molecular complexity index is 1160. The maximum Gasteiger partial charge on any atom is 0.343 e. The number of rotatable bonds is 4. The number of ether oxygens (including phenoxy) is 1. The van der Waals surface area contributed by atoms with Crippen molar-refractivity contribution in [2.45, 2.75) is 6.92 Å². The molecule has 0 spiro atoms. The molecule has 0 fully saturated rings. The molecule has 4 rings (SSSR count). The van der Waals surface area contributed by atoms with E-state index in [0.717, 1.165) is 16.7 Å². The number of aromatic nitrogens is 3. The first-order chi connectivity index (χ1) is 13.2. The average molecular weight is 359 g/mol. The summed E-state index contributed by atoms with van der Waals surface area (Å²) >= 11 is 0. The molecule has 134 valence electrons. The molecule has 0 amide bonds. The minimum absolute atomic E-state index is 0.233. The van der Waals surface area contributed by atoms with Crippen LogP contribution in [0, 0.1) is 0 Å². The summed E-state index contributed by atoms with van der Waals surface area (Å²) in [5, 5.41) is 2.75. The predicted octanol–water partition coefficient (Wildman–Crippen LogP) is 3.53. The van der Waals surface area contributed by atoms with Gasteiger partial charge in [0, 0.05) is 17.8 Å². The molecule has 0 bridgehead atoms. The van der Waals surface area contributed by atoms with Gasteiger partial charge in [-0.25, -0.2) is 14.3 Å². The third-order valence-electron chi connectivity index (χ3n) is 4.28. The van der Waals surface area contributed by atoms with Crippen molar-refractivity contribution in [3.8, 4) is 22.4 Å². The lowest BCUT2D eigenvalue weighted by molar-refractivity contribution is 0.0528. The number of hydrogen-bond donors (Lipinski definition) is 1. The van der Waals surface area contributed by atoms with E-state index in [1.807, 2.05) is 54.6 Å². The maximum atomic E-state index is 12.4. The molecule has 1 N–H and O–H groups in total. The number of carbonyl (C=O) groups excluding carboxylic acids is 1. The maximum absolute atomic E-state index is 12.4. The SMILES string of the molecule is CCOC(=O)c1c[nH]n2c(=O)cc(-c3ccc(-c4ccccc4)cc3)nc12. The van der Waals surface area contributed by atoms with Crippen molar-refractivity contribution in [3.63, 3.8) is 0 Å². The van der Waals surface area contributed by atoms with Crippen molar-refractivity contribution < 1.29 is 9.53 Å². The zero-order chi connectivity index (χ0) is 18.8. The van der Waals surface area contributed by atoms with Gasteiger partial charge in [-0.15, -0.1) is 0 Å². The van der Waals surface area contributed by atoms with Gasteiger partial charge in [0.15, 0.2) is 5.65 Å². The minimum atomic E-state index is -0.514. The highest BCUT2D eigenvalue weighted by Crippen LogP contribution is 2.23. The van der Waals surface area contributed by atoms with E-state index < -0.39 is 5.97 Å². The summed E-state index contributed by atoms with van der Waals surface area (Å²) in [6, 6.07) is 19.3. The molecular formula is C21H17N3O3. The van der Waals surface area contributed by atoms with Gasteiger partial charge in [-0.05, 0) is 18.1 Å². The van der Waals surface area contributed by atoms with E-state index in [9.17, 15) is 9.59 Å². The molecule has 0 aliphatic heterocycles. The fourth-order valence-electron chi connectivity index (χ4n) is 2.95. The smallest absolute Gasteiger partial charge is 0.343 e. The van der Waals surface area contributed by atoms with Crippen molar-refractivity contribution in [1.29, 1.82) is 0 Å². The van der Waals surface area contributed by atoms with Crippen LogP contribution in [0.1, 0.15) is 17.3 Å². The largest absolute Gasteiger partial charge is 0.462 e. The number of benzene rings is 2. The third-order valence-corrected chi connectivity index (χ3v) is 4.28. The summed E-state index contributed by atoms with van der Waals surface area (Å²) in [7, 11) is 0. The van der Waals surface area contributed by atoms with Crippen LogP contribution in [0.25, 0.3) is 28.0 Å². The first kappa shape index (κ1) is 16.8. The van der Waals surface area contributed by atoms with Crippen LogP contribution in [-0.4, -0.2) is 27.2 Å². The Morgan fingerprint density at radius 3 is 2.41 bits per heavy atom. The number of nitrogens with one attached hydrogen (secondary N) is 1. The van der Waals surface area contributed by atoms with Crippen LogP contribution in [0.4, 0.5) is 0 Å². The molecule has 6 nitrogen and oxygen atoms in total. The quantitative estimate of drug-likeness (QED) is 0.566. The Hall–Kier alpha value is -3.67. The highest BCUT2D eigenvalue weighted by atomic mass is 16.5. The van der Waals surface area contributed by atoms with Gasteiger partial charge in [0.1, 0.15) is 5.56 Å². The molecule has 0 aliphatic rings. The van der Waals surface area contributed by atoms with E-state index in [-0.39, 0.29) is 23.4 Å². The molecule has 0 aliphatic carbocycles. The molecule has 2 heterocycles. The summed E-state index contributed by atoms with van der Waals surface area (Å²) in [6.07, 6.45) is 1.43. The number of hydrogen-bond acceptors (Lipinski definition) is 4. The second-order valence-electron chi connectivity index (χ2n) is 5.99. The number of aromatic amines is 1. The van der Waals surface area contributed by atoms with E-state index in [0.29, 0.717) is 5.69 Å². The zero-order valence-corrected chi connectivity index (χ0v) is 14.7. The first-order valence-corrected chi connectivity index (χ1v) is 8.61. The lowest BCUT2D eigenvalue weighted by Gasteiger charge is -2.05. The highest BCUT2D eigenvalue weighted by Gasteiger charge is 2.17. The van der Waals surface area contributed by atoms with E-state index in [2.05, 4.69) is 10.1 Å². The van der Waals surface area contributed by atoms with Crippen LogP contribution in [-0.2, 0) is 4.74 Å². The molecule has 0 unspecified atom stereocenters. The van der Waals surface area contributed by atoms with Gasteiger partial charge in [-0.1, -0.05) is 54.6 Å². The lowest BCUT2D eigenvalue weighted by Crippen LogP contribution is -2.15. The molecule has 4 aromatic rings. The second-order valence-corrected chi connectivity index (χ2v) is 5.99. The third kappa shape index (κ3) is 3.13. The van der Waals surface area contributed by atoms with Gasteiger partial charge in [-0.3, -0.25) is 9.89 Å². The summed E-state index contributed by atoms with van der Waals surface area (Å²) in [5.74, 6) is -0.514. The van der Waals surface area contributed by atoms with Crippen molar-refractivity contribution in [3.05, 3.63) is 82.8 Å². The van der Waals surface area contributed by atoms with Gasteiger partial charge in [0.2, 0.25) is 0 Å². The molecule has 6 heteroatoms. The van der Waals surface area contributed by atoms with Crippen LogP contribution in [0.3, 0.4) is 0 Å². The minimum Gasteiger partial charge on any atom is -0.462 e. The number of carbonyl (C=O) groups is 1. The van der Waals surface area contributed by atoms with Crippen molar-refractivity contribution in [2.75, 3.05) is 6.61 Å². The summed E-state index contributed by atoms with van der Waals surface area (Å²) in [5.41, 5.74) is 3.68. The summed E-state index contributed by atoms with van der Waals surface area (Å²) < 4.78 is 6.26. The molecule has 27 heavy (non-hydrogen) atoms. The fourth-order valence-corrected chi connectivity index (χ4v) is 2.95. The normalized spacial score (nSPS) is 10.9. The lowest BCUT2D eigenvalue weighted by atomic mass is 10.0. The van der Waals surface area contributed by atoms with Gasteiger partial charge in [0.05, 0.1) is 12.3 Å². The summed E-state index contributed by atoms with van der Waals surface area (Å²) in [4.78, 5) is 29.0. The number of fused-ring (bicyclic) bond motifs is 1. The van der Waals surface area contributed by atoms with Crippen molar-refractivity contribution in [2.24, 2.45) is 0 Å². The second kappa shape index (κ2) is 6.92. The van der Waals surface area contributed by atoms with Gasteiger partial charge in [0.25, 0.3) is 5.56 Å². The monoisotopic (exact) mass is 359 g/mol. The zero-order valence-electron chi connectivity index (χ0n) is 14.7. The average Bonchev–Trinajstić information content (AvgIpc) is 3.14. The van der Waals surface area contributed by atoms with Crippen LogP contribution < -0.4 is 5.56 Å². The van der Waals surface area contributed by atoms with E-state index >= 15 is 0 Å². The number of nitrogens with zero attached hydrogens (tertiary/aromatic N) is 2. The highest BCUT2D eigenvalue weighted by molar-refractivity contribution is 5.95. The Balaban J connectivity index is 1.76. The summed E-state index contributed by atoms with van der Waals surface area (Å²) in [6.45, 7) is 1.98. The van der Waals surface area contributed by atoms with E-state index in [1.165, 1.54) is 16.8 Å². The molecule has 0 atom stereocenters. The Morgan fingerprint density at radius 2 is 1.70 bits per heavy atom. The molecule has 2 aromatic carbocycles. The topological polar surface area (TPSA) is 76.5 Å². The van der Waals surface area contributed by atoms with E-state index in [1.54, 1.807) is 6.92 Å².